The van der Waals surface area contributed by atoms with Crippen molar-refractivity contribution in [2.45, 2.75) is 57.5 Å². The van der Waals surface area contributed by atoms with Crippen LogP contribution in [0.1, 0.15) is 87.4 Å². The maximum Gasteiger partial charge on any atom is 0.334 e. The van der Waals surface area contributed by atoms with E-state index in [1.54, 1.807) is 36.4 Å². The van der Waals surface area contributed by atoms with Gasteiger partial charge in [0, 0.05) is 38.1 Å². The van der Waals surface area contributed by atoms with Crippen molar-refractivity contribution in [2.75, 3.05) is 59.8 Å². The van der Waals surface area contributed by atoms with E-state index in [1.807, 2.05) is 36.4 Å². The highest BCUT2D eigenvalue weighted by atomic mass is 35.5. The Morgan fingerprint density at radius 1 is 0.676 bits per heavy atom. The second-order valence-electron chi connectivity index (χ2n) is 18.0. The molecule has 5 amide bonds. The van der Waals surface area contributed by atoms with Crippen LogP contribution in [-0.2, 0) is 17.9 Å². The lowest BCUT2D eigenvalue weighted by molar-refractivity contribution is -0.119. The van der Waals surface area contributed by atoms with E-state index in [2.05, 4.69) is 51.9 Å². The summed E-state index contributed by atoms with van der Waals surface area (Å²) in [6.45, 7) is 4.81. The van der Waals surface area contributed by atoms with Gasteiger partial charge in [0.05, 0.1) is 37.2 Å². The van der Waals surface area contributed by atoms with Crippen LogP contribution in [-0.4, -0.2) is 83.3 Å². The van der Waals surface area contributed by atoms with Gasteiger partial charge in [-0.2, -0.15) is 9.97 Å². The van der Waals surface area contributed by atoms with Gasteiger partial charge in [-0.1, -0.05) is 70.7 Å². The smallest absolute Gasteiger partial charge is 0.334 e. The number of piperidine rings is 2. The van der Waals surface area contributed by atoms with Crippen LogP contribution in [0.5, 0.6) is 11.8 Å². The fraction of sp³-hybridized carbons (Fsp3) is 0.294. The third kappa shape index (κ3) is 10.8. The van der Waals surface area contributed by atoms with Crippen molar-refractivity contribution in [1.29, 1.82) is 0 Å². The molecular formula is C51H49Cl4N13O6. The summed E-state index contributed by atoms with van der Waals surface area (Å²) in [7, 11) is 0. The number of carbonyl (C=O) groups excluding carboxylic acids is 4. The second kappa shape index (κ2) is 22.2. The van der Waals surface area contributed by atoms with Crippen molar-refractivity contribution in [3.05, 3.63) is 139 Å². The van der Waals surface area contributed by atoms with Crippen molar-refractivity contribution in [3.63, 3.8) is 0 Å². The van der Waals surface area contributed by atoms with Crippen molar-refractivity contribution in [3.8, 4) is 11.8 Å². The Labute approximate surface area is 445 Å². The molecule has 0 bridgehead atoms. The molecule has 382 valence electrons. The monoisotopic (exact) mass is 1080 g/mol. The Bertz CT molecular complexity index is 3120. The van der Waals surface area contributed by atoms with Gasteiger partial charge in [-0.15, -0.1) is 0 Å². The minimum atomic E-state index is -0.602. The molecular weight excluding hydrogens is 1030 g/mol. The van der Waals surface area contributed by atoms with Crippen molar-refractivity contribution in [1.82, 2.24) is 46.6 Å². The Morgan fingerprint density at radius 3 is 1.76 bits per heavy atom. The van der Waals surface area contributed by atoms with E-state index < -0.39 is 17.8 Å². The lowest BCUT2D eigenvalue weighted by atomic mass is 9.86. The number of rotatable bonds is 13. The molecule has 74 heavy (non-hydrogen) atoms. The molecule has 4 aliphatic rings. The summed E-state index contributed by atoms with van der Waals surface area (Å²) in [6.07, 6.45) is 6.34. The molecule has 6 N–H and O–H groups in total. The molecule has 0 radical (unpaired) electrons. The highest BCUT2D eigenvalue weighted by molar-refractivity contribution is 6.41. The molecule has 6 aromatic rings. The molecule has 2 fully saturated rings. The van der Waals surface area contributed by atoms with E-state index in [1.165, 1.54) is 34.1 Å². The average molecular weight is 1080 g/mol. The van der Waals surface area contributed by atoms with Crippen molar-refractivity contribution < 1.29 is 28.7 Å². The zero-order chi connectivity index (χ0) is 51.5. The first kappa shape index (κ1) is 50.5. The number of nitrogens with one attached hydrogen (secondary N) is 6. The molecule has 4 aromatic carbocycles. The number of hydrogen-bond acceptors (Lipinski definition) is 14. The molecule has 6 heterocycles. The summed E-state index contributed by atoms with van der Waals surface area (Å²) >= 11 is 25.8. The van der Waals surface area contributed by atoms with Gasteiger partial charge >= 0.3 is 6.03 Å². The first-order chi connectivity index (χ1) is 35.9. The number of urea groups is 1. The average Bonchev–Trinajstić information content (AvgIpc) is 3.40. The van der Waals surface area contributed by atoms with E-state index in [4.69, 9.17) is 55.9 Å². The molecule has 2 saturated heterocycles. The molecule has 0 atom stereocenters. The number of carbonyl (C=O) groups is 4. The Morgan fingerprint density at radius 2 is 1.19 bits per heavy atom. The molecule has 0 saturated carbocycles. The number of halogens is 4. The first-order valence-corrected chi connectivity index (χ1v) is 25.5. The maximum atomic E-state index is 14.4. The lowest BCUT2D eigenvalue weighted by Crippen LogP contribution is -2.46. The van der Waals surface area contributed by atoms with E-state index in [9.17, 15) is 19.2 Å². The number of ether oxygens (including phenoxy) is 2. The normalized spacial score (nSPS) is 15.9. The fourth-order valence-corrected chi connectivity index (χ4v) is 10.8. The SMILES string of the molecule is CC(=O)NCc1cc(N(NC(=O)NCc2cc(Nc3ncc4c(n3)OCN(c3c(Cl)cccc3Cl)C4=O)ccc2C2CCNCC2)c2ncc3c(n2)OCN(c2c(Cl)cccc2Cl)C3=O)ccc1C1CCNCC1. The number of nitrogens with zero attached hydrogens (tertiary/aromatic N) is 7. The van der Waals surface area contributed by atoms with Crippen LogP contribution in [0.15, 0.2) is 85.2 Å². The summed E-state index contributed by atoms with van der Waals surface area (Å²) in [6, 6.07) is 20.9. The molecule has 0 spiro atoms. The largest absolute Gasteiger partial charge is 0.455 e. The zero-order valence-corrected chi connectivity index (χ0v) is 42.8. The predicted molar refractivity (Wildman–Crippen MR) is 282 cm³/mol. The number of benzene rings is 4. The summed E-state index contributed by atoms with van der Waals surface area (Å²) in [4.78, 5) is 75.0. The van der Waals surface area contributed by atoms with Gasteiger partial charge in [-0.25, -0.2) is 25.2 Å². The van der Waals surface area contributed by atoms with Gasteiger partial charge in [-0.05, 0) is 134 Å². The number of fused-ring (bicyclic) bond motifs is 2. The minimum Gasteiger partial charge on any atom is -0.455 e. The van der Waals surface area contributed by atoms with Crippen LogP contribution in [0.25, 0.3) is 0 Å². The van der Waals surface area contributed by atoms with Gasteiger partial charge in [-0.3, -0.25) is 24.2 Å². The highest BCUT2D eigenvalue weighted by Crippen LogP contribution is 2.40. The molecule has 0 unspecified atom stereocenters. The highest BCUT2D eigenvalue weighted by Gasteiger charge is 2.34. The lowest BCUT2D eigenvalue weighted by Gasteiger charge is -2.31. The van der Waals surface area contributed by atoms with E-state index in [0.717, 1.165) is 74.1 Å². The summed E-state index contributed by atoms with van der Waals surface area (Å²) < 4.78 is 12.0. The third-order valence-corrected chi connectivity index (χ3v) is 14.5. The van der Waals surface area contributed by atoms with Crippen molar-refractivity contribution >= 4 is 105 Å². The van der Waals surface area contributed by atoms with Crippen LogP contribution in [0.3, 0.4) is 0 Å². The maximum absolute atomic E-state index is 14.4. The van der Waals surface area contributed by atoms with Gasteiger partial charge in [0.25, 0.3) is 17.8 Å². The number of amides is 5. The summed E-state index contributed by atoms with van der Waals surface area (Å²) in [5.74, 6) is -0.379. The Hall–Kier alpha value is -7.00. The van der Waals surface area contributed by atoms with Gasteiger partial charge < -0.3 is 36.1 Å². The number of para-hydroxylation sites is 2. The van der Waals surface area contributed by atoms with Gasteiger partial charge in [0.2, 0.25) is 23.6 Å². The second-order valence-corrected chi connectivity index (χ2v) is 19.6. The minimum absolute atomic E-state index is 0.00582. The quantitative estimate of drug-likeness (QED) is 0.0596. The van der Waals surface area contributed by atoms with Gasteiger partial charge in [0.15, 0.2) is 13.5 Å². The zero-order valence-electron chi connectivity index (χ0n) is 39.8. The summed E-state index contributed by atoms with van der Waals surface area (Å²) in [5, 5.41) is 18.6. The fourth-order valence-electron chi connectivity index (χ4n) is 9.57. The molecule has 10 rings (SSSR count). The van der Waals surface area contributed by atoms with Crippen LogP contribution >= 0.6 is 46.4 Å². The number of hydrazine groups is 1. The summed E-state index contributed by atoms with van der Waals surface area (Å²) in [5.41, 5.74) is 8.70. The molecule has 4 aliphatic heterocycles. The predicted octanol–water partition coefficient (Wildman–Crippen LogP) is 8.74. The topological polar surface area (TPSA) is 220 Å². The van der Waals surface area contributed by atoms with Crippen LogP contribution in [0.4, 0.5) is 39.4 Å². The third-order valence-electron chi connectivity index (χ3n) is 13.2. The Balaban J connectivity index is 0.926. The van der Waals surface area contributed by atoms with E-state index in [0.29, 0.717) is 27.1 Å². The van der Waals surface area contributed by atoms with Crippen molar-refractivity contribution in [2.24, 2.45) is 0 Å². The number of aromatic nitrogens is 4. The first-order valence-electron chi connectivity index (χ1n) is 23.9. The molecule has 2 aromatic heterocycles. The van der Waals surface area contributed by atoms with E-state index >= 15 is 0 Å². The van der Waals surface area contributed by atoms with Crippen LogP contribution in [0, 0.1) is 0 Å². The van der Waals surface area contributed by atoms with Gasteiger partial charge in [0.1, 0.15) is 11.1 Å². The molecule has 23 heteroatoms. The molecule has 19 nitrogen and oxygen atoms in total. The Kier molecular flexibility index (Phi) is 15.2. The van der Waals surface area contributed by atoms with E-state index in [-0.39, 0.29) is 94.8 Å². The number of hydrogen-bond donors (Lipinski definition) is 6. The molecule has 0 aliphatic carbocycles. The van der Waals surface area contributed by atoms with Crippen LogP contribution in [0.2, 0.25) is 20.1 Å². The number of anilines is 6. The standard InChI is InChI=1S/C51H49Cl4N13O6/c1-28(69)58-22-32-21-34(9-11-36(32)30-14-18-57-19-15-30)68(50-60-25-38-46(64-50)74-27-67(48(38)71)44-41(54)6-3-7-42(44)55)65-51(72)61-23-31-20-33(8-10-35(31)29-12-16-56-17-13-29)62-49-59-24-37-45(63-49)73-26-66(47(37)70)43-39(52)4-2-5-40(43)53/h2-11,20-21,24-25,29-30,56-57H,12-19,22-23,26-27H2,1H3,(H,58,69)(H,59,62,63)(H2,61,65,72). The van der Waals surface area contributed by atoms with Crippen LogP contribution < -0.4 is 56.3 Å².